The summed E-state index contributed by atoms with van der Waals surface area (Å²) in [4.78, 5) is 12.6. The van der Waals surface area contributed by atoms with Gasteiger partial charge in [0.2, 0.25) is 10.0 Å². The van der Waals surface area contributed by atoms with E-state index in [-0.39, 0.29) is 10.8 Å². The van der Waals surface area contributed by atoms with Gasteiger partial charge in [0.05, 0.1) is 5.69 Å². The molecule has 3 aromatic carbocycles. The summed E-state index contributed by atoms with van der Waals surface area (Å²) in [6.07, 6.45) is 0.0978. The van der Waals surface area contributed by atoms with Gasteiger partial charge in [0.1, 0.15) is 11.1 Å². The van der Waals surface area contributed by atoms with Crippen LogP contribution in [-0.2, 0) is 16.4 Å². The molecule has 1 aliphatic heterocycles. The molecule has 0 fully saturated rings. The first kappa shape index (κ1) is 20.4. The summed E-state index contributed by atoms with van der Waals surface area (Å²) in [7, 11) is -3.61. The normalized spacial score (nSPS) is 16.9. The van der Waals surface area contributed by atoms with Crippen LogP contribution in [0.5, 0.6) is 0 Å². The third-order valence-electron chi connectivity index (χ3n) is 4.87. The van der Waals surface area contributed by atoms with E-state index in [0.717, 1.165) is 5.56 Å². The number of carbonyl (C=O) groups is 1. The third kappa shape index (κ3) is 4.48. The quantitative estimate of drug-likeness (QED) is 0.563. The highest BCUT2D eigenvalue weighted by Gasteiger charge is 2.29. The van der Waals surface area contributed by atoms with Crippen LogP contribution in [0.3, 0.4) is 0 Å². The van der Waals surface area contributed by atoms with Crippen LogP contribution in [0.15, 0.2) is 77.7 Å². The van der Waals surface area contributed by atoms with Gasteiger partial charge in [0.25, 0.3) is 5.91 Å². The number of anilines is 1. The molecular weight excluding hydrogens is 422 g/mol. The first-order chi connectivity index (χ1) is 14.4. The first-order valence-corrected chi connectivity index (χ1v) is 11.3. The summed E-state index contributed by atoms with van der Waals surface area (Å²) in [6.45, 7) is 0.503. The Hall–Kier alpha value is -2.87. The van der Waals surface area contributed by atoms with Crippen molar-refractivity contribution in [1.29, 1.82) is 0 Å². The van der Waals surface area contributed by atoms with Crippen molar-refractivity contribution in [3.63, 3.8) is 0 Å². The monoisotopic (exact) mass is 441 g/mol. The van der Waals surface area contributed by atoms with Gasteiger partial charge >= 0.3 is 0 Å². The average Bonchev–Trinajstić information content (AvgIpc) is 2.75. The smallest absolute Gasteiger partial charge is 0.251 e. The Morgan fingerprint density at radius 3 is 2.40 bits per heavy atom. The summed E-state index contributed by atoms with van der Waals surface area (Å²) >= 11 is 5.87. The number of para-hydroxylation sites is 1. The lowest BCUT2D eigenvalue weighted by Crippen LogP contribution is -2.38. The molecule has 0 saturated carbocycles. The van der Waals surface area contributed by atoms with E-state index in [9.17, 15) is 13.2 Å². The van der Waals surface area contributed by atoms with Crippen LogP contribution in [0, 0.1) is 0 Å². The van der Waals surface area contributed by atoms with E-state index < -0.39 is 16.2 Å². The molecule has 4 rings (SSSR count). The number of hydrogen-bond acceptors (Lipinski definition) is 4. The van der Waals surface area contributed by atoms with Crippen molar-refractivity contribution in [3.8, 4) is 0 Å². The molecule has 154 valence electrons. The third-order valence-corrected chi connectivity index (χ3v) is 6.60. The molecule has 0 aromatic heterocycles. The predicted octanol–water partition coefficient (Wildman–Crippen LogP) is 3.72. The Morgan fingerprint density at radius 2 is 1.67 bits per heavy atom. The van der Waals surface area contributed by atoms with Crippen molar-refractivity contribution in [3.05, 3.63) is 94.5 Å². The van der Waals surface area contributed by atoms with E-state index >= 15 is 0 Å². The minimum absolute atomic E-state index is 0.182. The van der Waals surface area contributed by atoms with Crippen LogP contribution in [0.25, 0.3) is 0 Å². The predicted molar refractivity (Wildman–Crippen MR) is 117 cm³/mol. The van der Waals surface area contributed by atoms with Crippen molar-refractivity contribution < 1.29 is 13.2 Å². The van der Waals surface area contributed by atoms with Crippen molar-refractivity contribution in [2.45, 2.75) is 17.5 Å². The molecule has 1 amide bonds. The van der Waals surface area contributed by atoms with E-state index in [0.29, 0.717) is 34.8 Å². The van der Waals surface area contributed by atoms with Crippen LogP contribution in [-0.4, -0.2) is 20.9 Å². The summed E-state index contributed by atoms with van der Waals surface area (Å²) in [5.41, 5.74) is 2.86. The van der Waals surface area contributed by atoms with Gasteiger partial charge in [0.15, 0.2) is 0 Å². The van der Waals surface area contributed by atoms with Gasteiger partial charge in [0, 0.05) is 17.1 Å². The van der Waals surface area contributed by atoms with Crippen LogP contribution >= 0.6 is 11.6 Å². The van der Waals surface area contributed by atoms with E-state index in [1.165, 1.54) is 0 Å². The number of nitrogens with one attached hydrogen (secondary N) is 3. The van der Waals surface area contributed by atoms with Crippen molar-refractivity contribution in [1.82, 2.24) is 10.0 Å². The molecule has 3 aromatic rings. The number of fused-ring (bicyclic) bond motifs is 1. The van der Waals surface area contributed by atoms with E-state index in [1.807, 2.05) is 24.3 Å². The molecule has 0 bridgehead atoms. The minimum Gasteiger partial charge on any atom is -0.364 e. The Labute approximate surface area is 180 Å². The maximum Gasteiger partial charge on any atom is 0.251 e. The second-order valence-corrected chi connectivity index (χ2v) is 9.07. The lowest BCUT2D eigenvalue weighted by atomic mass is 10.1. The van der Waals surface area contributed by atoms with Crippen LogP contribution < -0.4 is 15.4 Å². The maximum absolute atomic E-state index is 12.5. The molecule has 3 N–H and O–H groups in total. The van der Waals surface area contributed by atoms with Crippen molar-refractivity contribution >= 4 is 33.2 Å². The molecule has 0 spiro atoms. The van der Waals surface area contributed by atoms with Crippen molar-refractivity contribution in [2.24, 2.45) is 0 Å². The zero-order chi connectivity index (χ0) is 21.1. The SMILES string of the molecule is O=C(NCCc1ccc(Cl)cc1)c1ccc([C@@H]2Nc3ccccc3S(=O)(=O)N2)cc1. The molecule has 1 atom stereocenters. The van der Waals surface area contributed by atoms with Gasteiger partial charge in [-0.2, -0.15) is 4.72 Å². The molecule has 0 aliphatic carbocycles. The number of amides is 1. The van der Waals surface area contributed by atoms with Gasteiger partial charge in [-0.05, 0) is 53.9 Å². The number of sulfonamides is 1. The van der Waals surface area contributed by atoms with Crippen LogP contribution in [0.1, 0.15) is 27.7 Å². The fraction of sp³-hybridized carbons (Fsp3) is 0.136. The Kier molecular flexibility index (Phi) is 5.76. The number of halogens is 1. The summed E-state index contributed by atoms with van der Waals surface area (Å²) < 4.78 is 27.5. The fourth-order valence-corrected chi connectivity index (χ4v) is 4.71. The highest BCUT2D eigenvalue weighted by molar-refractivity contribution is 7.89. The summed E-state index contributed by atoms with van der Waals surface area (Å²) in [5.74, 6) is -0.182. The van der Waals surface area contributed by atoms with Crippen molar-refractivity contribution in [2.75, 3.05) is 11.9 Å². The second-order valence-electron chi connectivity index (χ2n) is 6.95. The summed E-state index contributed by atoms with van der Waals surface area (Å²) in [5, 5.41) is 6.74. The van der Waals surface area contributed by atoms with Gasteiger partial charge in [-0.25, -0.2) is 8.42 Å². The van der Waals surface area contributed by atoms with Gasteiger partial charge in [-0.1, -0.05) is 48.0 Å². The number of rotatable bonds is 5. The highest BCUT2D eigenvalue weighted by atomic mass is 35.5. The van der Waals surface area contributed by atoms with Crippen LogP contribution in [0.2, 0.25) is 5.02 Å². The minimum atomic E-state index is -3.61. The van der Waals surface area contributed by atoms with E-state index in [1.54, 1.807) is 48.5 Å². The Morgan fingerprint density at radius 1 is 0.967 bits per heavy atom. The average molecular weight is 442 g/mol. The first-order valence-electron chi connectivity index (χ1n) is 9.43. The van der Waals surface area contributed by atoms with Gasteiger partial charge in [-0.3, -0.25) is 4.79 Å². The molecule has 1 aliphatic rings. The van der Waals surface area contributed by atoms with E-state index in [4.69, 9.17) is 11.6 Å². The number of carbonyl (C=O) groups excluding carboxylic acids is 1. The van der Waals surface area contributed by atoms with Gasteiger partial charge in [-0.15, -0.1) is 0 Å². The molecule has 0 unspecified atom stereocenters. The molecular formula is C22H20ClN3O3S. The zero-order valence-corrected chi connectivity index (χ0v) is 17.5. The highest BCUT2D eigenvalue weighted by Crippen LogP contribution is 2.30. The molecule has 0 saturated heterocycles. The molecule has 30 heavy (non-hydrogen) atoms. The Balaban J connectivity index is 1.39. The number of benzene rings is 3. The zero-order valence-electron chi connectivity index (χ0n) is 15.9. The molecule has 1 heterocycles. The van der Waals surface area contributed by atoms with Crippen LogP contribution in [0.4, 0.5) is 5.69 Å². The summed E-state index contributed by atoms with van der Waals surface area (Å²) in [6, 6.07) is 21.1. The second kappa shape index (κ2) is 8.47. The van der Waals surface area contributed by atoms with Gasteiger partial charge < -0.3 is 10.6 Å². The standard InChI is InChI=1S/C22H20ClN3O3S/c23-18-11-5-15(6-12-18)13-14-24-22(27)17-9-7-16(8-10-17)21-25-19-3-1-2-4-20(19)30(28,29)26-21/h1-12,21,25-26H,13-14H2,(H,24,27)/t21-/m1/s1. The molecule has 6 nitrogen and oxygen atoms in total. The van der Waals surface area contributed by atoms with E-state index in [2.05, 4.69) is 15.4 Å². The molecule has 8 heteroatoms. The molecule has 0 radical (unpaired) electrons. The Bertz CT molecular complexity index is 1160. The topological polar surface area (TPSA) is 87.3 Å². The lowest BCUT2D eigenvalue weighted by Gasteiger charge is -2.28. The number of hydrogen-bond donors (Lipinski definition) is 3. The fourth-order valence-electron chi connectivity index (χ4n) is 3.28. The lowest BCUT2D eigenvalue weighted by molar-refractivity contribution is 0.0954. The largest absolute Gasteiger partial charge is 0.364 e. The maximum atomic E-state index is 12.5.